The maximum Gasteiger partial charge on any atom is 0.138 e. The highest BCUT2D eigenvalue weighted by molar-refractivity contribution is 5.36. The van der Waals surface area contributed by atoms with Crippen LogP contribution in [-0.2, 0) is 13.0 Å². The molecule has 1 heterocycles. The van der Waals surface area contributed by atoms with Gasteiger partial charge in [-0.2, -0.15) is 5.10 Å². The molecule has 1 unspecified atom stereocenters. The standard InChI is InChI=1S/C16H24N4O/c1-12(2)10-20-16(18-11-19-20)9-14(17-3)13-7-5-6-8-15(13)21-4/h5-8,11-12,14,17H,9-10H2,1-4H3. The lowest BCUT2D eigenvalue weighted by atomic mass is 10.0. The number of benzene rings is 1. The number of ether oxygens (including phenoxy) is 1. The molecule has 0 amide bonds. The van der Waals surface area contributed by atoms with Crippen molar-refractivity contribution in [2.24, 2.45) is 5.92 Å². The van der Waals surface area contributed by atoms with E-state index in [9.17, 15) is 0 Å². The maximum absolute atomic E-state index is 5.46. The van der Waals surface area contributed by atoms with E-state index in [-0.39, 0.29) is 6.04 Å². The molecule has 2 aromatic rings. The highest BCUT2D eigenvalue weighted by Crippen LogP contribution is 2.26. The molecule has 2 rings (SSSR count). The van der Waals surface area contributed by atoms with Gasteiger partial charge in [-0.15, -0.1) is 0 Å². The van der Waals surface area contributed by atoms with Gasteiger partial charge < -0.3 is 10.1 Å². The lowest BCUT2D eigenvalue weighted by molar-refractivity contribution is 0.398. The molecule has 0 aliphatic heterocycles. The van der Waals surface area contributed by atoms with Crippen molar-refractivity contribution >= 4 is 0 Å². The molecule has 1 aromatic heterocycles. The highest BCUT2D eigenvalue weighted by atomic mass is 16.5. The van der Waals surface area contributed by atoms with E-state index in [0.29, 0.717) is 5.92 Å². The zero-order valence-electron chi connectivity index (χ0n) is 13.2. The molecular weight excluding hydrogens is 264 g/mol. The Morgan fingerprint density at radius 1 is 1.29 bits per heavy atom. The van der Waals surface area contributed by atoms with Crippen LogP contribution < -0.4 is 10.1 Å². The van der Waals surface area contributed by atoms with Gasteiger partial charge in [-0.3, -0.25) is 0 Å². The summed E-state index contributed by atoms with van der Waals surface area (Å²) in [6.45, 7) is 5.25. The van der Waals surface area contributed by atoms with Crippen molar-refractivity contribution in [2.45, 2.75) is 32.9 Å². The molecule has 5 nitrogen and oxygen atoms in total. The summed E-state index contributed by atoms with van der Waals surface area (Å²) in [7, 11) is 3.66. The molecule has 1 aromatic carbocycles. The average Bonchev–Trinajstić information content (AvgIpc) is 2.91. The summed E-state index contributed by atoms with van der Waals surface area (Å²) < 4.78 is 7.45. The van der Waals surface area contributed by atoms with Crippen LogP contribution in [0.15, 0.2) is 30.6 Å². The van der Waals surface area contributed by atoms with Crippen LogP contribution in [0.2, 0.25) is 0 Å². The number of nitrogens with zero attached hydrogens (tertiary/aromatic N) is 3. The molecule has 0 fully saturated rings. The molecule has 1 atom stereocenters. The van der Waals surface area contributed by atoms with Gasteiger partial charge in [0.1, 0.15) is 17.9 Å². The number of nitrogens with one attached hydrogen (secondary N) is 1. The Labute approximate surface area is 126 Å². The summed E-state index contributed by atoms with van der Waals surface area (Å²) in [4.78, 5) is 4.41. The third-order valence-corrected chi connectivity index (χ3v) is 3.48. The second kappa shape index (κ2) is 7.22. The Morgan fingerprint density at radius 2 is 2.05 bits per heavy atom. The zero-order valence-corrected chi connectivity index (χ0v) is 13.2. The van der Waals surface area contributed by atoms with E-state index in [1.165, 1.54) is 0 Å². The Balaban J connectivity index is 2.21. The van der Waals surface area contributed by atoms with Gasteiger partial charge in [-0.05, 0) is 19.0 Å². The number of aromatic nitrogens is 3. The van der Waals surface area contributed by atoms with Gasteiger partial charge in [0.2, 0.25) is 0 Å². The van der Waals surface area contributed by atoms with Crippen molar-refractivity contribution in [1.82, 2.24) is 20.1 Å². The van der Waals surface area contributed by atoms with Crippen molar-refractivity contribution in [3.63, 3.8) is 0 Å². The Morgan fingerprint density at radius 3 is 2.71 bits per heavy atom. The summed E-state index contributed by atoms with van der Waals surface area (Å²) in [5, 5.41) is 7.68. The van der Waals surface area contributed by atoms with Crippen LogP contribution in [0.25, 0.3) is 0 Å². The number of methoxy groups -OCH3 is 1. The molecule has 0 aliphatic rings. The number of hydrogen-bond acceptors (Lipinski definition) is 4. The molecular formula is C16H24N4O. The summed E-state index contributed by atoms with van der Waals surface area (Å²) in [5.74, 6) is 2.44. The Hall–Kier alpha value is -1.88. The largest absolute Gasteiger partial charge is 0.496 e. The van der Waals surface area contributed by atoms with Crippen molar-refractivity contribution in [2.75, 3.05) is 14.2 Å². The van der Waals surface area contributed by atoms with Gasteiger partial charge in [0.05, 0.1) is 7.11 Å². The smallest absolute Gasteiger partial charge is 0.138 e. The molecule has 0 radical (unpaired) electrons. The second-order valence-corrected chi connectivity index (χ2v) is 5.54. The average molecular weight is 288 g/mol. The zero-order chi connectivity index (χ0) is 15.2. The summed E-state index contributed by atoms with van der Waals surface area (Å²) in [6.07, 6.45) is 2.41. The number of hydrogen-bond donors (Lipinski definition) is 1. The number of likely N-dealkylation sites (N-methyl/N-ethyl adjacent to an activating group) is 1. The van der Waals surface area contributed by atoms with Crippen molar-refractivity contribution in [3.8, 4) is 5.75 Å². The number of rotatable bonds is 7. The first kappa shape index (κ1) is 15.5. The van der Waals surface area contributed by atoms with Crippen LogP contribution in [0.3, 0.4) is 0 Å². The molecule has 0 spiro atoms. The summed E-state index contributed by atoms with van der Waals surface area (Å²) in [5.41, 5.74) is 1.14. The first-order valence-electron chi connectivity index (χ1n) is 7.32. The van der Waals surface area contributed by atoms with E-state index in [1.54, 1.807) is 13.4 Å². The lowest BCUT2D eigenvalue weighted by Crippen LogP contribution is -2.22. The van der Waals surface area contributed by atoms with E-state index < -0.39 is 0 Å². The SMILES string of the molecule is CNC(Cc1ncnn1CC(C)C)c1ccccc1OC. The number of para-hydroxylation sites is 1. The van der Waals surface area contributed by atoms with E-state index in [2.05, 4.69) is 35.3 Å². The molecule has 0 aliphatic carbocycles. The summed E-state index contributed by atoms with van der Waals surface area (Å²) >= 11 is 0. The van der Waals surface area contributed by atoms with Crippen LogP contribution >= 0.6 is 0 Å². The van der Waals surface area contributed by atoms with Gasteiger partial charge in [0, 0.05) is 24.6 Å². The fourth-order valence-corrected chi connectivity index (χ4v) is 2.45. The first-order valence-corrected chi connectivity index (χ1v) is 7.32. The minimum absolute atomic E-state index is 0.149. The van der Waals surface area contributed by atoms with Gasteiger partial charge in [0.15, 0.2) is 0 Å². The maximum atomic E-state index is 5.46. The molecule has 114 valence electrons. The Kier molecular flexibility index (Phi) is 5.33. The highest BCUT2D eigenvalue weighted by Gasteiger charge is 2.18. The molecule has 0 saturated carbocycles. The fraction of sp³-hybridized carbons (Fsp3) is 0.500. The van der Waals surface area contributed by atoms with Gasteiger partial charge in [-0.1, -0.05) is 32.0 Å². The fourth-order valence-electron chi connectivity index (χ4n) is 2.45. The van der Waals surface area contributed by atoms with Gasteiger partial charge in [0.25, 0.3) is 0 Å². The predicted molar refractivity (Wildman–Crippen MR) is 83.4 cm³/mol. The van der Waals surface area contributed by atoms with Crippen LogP contribution in [0, 0.1) is 5.92 Å². The van der Waals surface area contributed by atoms with E-state index >= 15 is 0 Å². The van der Waals surface area contributed by atoms with Crippen LogP contribution in [0.4, 0.5) is 0 Å². The molecule has 1 N–H and O–H groups in total. The molecule has 0 saturated heterocycles. The van der Waals surface area contributed by atoms with Crippen molar-refractivity contribution < 1.29 is 4.74 Å². The van der Waals surface area contributed by atoms with E-state index in [0.717, 1.165) is 30.1 Å². The van der Waals surface area contributed by atoms with Gasteiger partial charge in [-0.25, -0.2) is 9.67 Å². The van der Waals surface area contributed by atoms with Crippen LogP contribution in [0.1, 0.15) is 31.3 Å². The van der Waals surface area contributed by atoms with Crippen LogP contribution in [0.5, 0.6) is 5.75 Å². The topological polar surface area (TPSA) is 52.0 Å². The summed E-state index contributed by atoms with van der Waals surface area (Å²) in [6, 6.07) is 8.23. The monoisotopic (exact) mass is 288 g/mol. The normalized spacial score (nSPS) is 12.6. The third kappa shape index (κ3) is 3.82. The van der Waals surface area contributed by atoms with Crippen LogP contribution in [-0.4, -0.2) is 28.9 Å². The molecule has 5 heteroatoms. The van der Waals surface area contributed by atoms with Crippen molar-refractivity contribution in [1.29, 1.82) is 0 Å². The minimum Gasteiger partial charge on any atom is -0.496 e. The second-order valence-electron chi connectivity index (χ2n) is 5.54. The minimum atomic E-state index is 0.149. The van der Waals surface area contributed by atoms with E-state index in [1.807, 2.05) is 29.9 Å². The van der Waals surface area contributed by atoms with Gasteiger partial charge >= 0.3 is 0 Å². The van der Waals surface area contributed by atoms with Crippen molar-refractivity contribution in [3.05, 3.63) is 42.0 Å². The quantitative estimate of drug-likeness (QED) is 0.850. The first-order chi connectivity index (χ1) is 10.2. The third-order valence-electron chi connectivity index (χ3n) is 3.48. The van der Waals surface area contributed by atoms with E-state index in [4.69, 9.17) is 4.74 Å². The predicted octanol–water partition coefficient (Wildman–Crippen LogP) is 2.45. The Bertz CT molecular complexity index is 565. The molecule has 0 bridgehead atoms. The molecule has 21 heavy (non-hydrogen) atoms. The lowest BCUT2D eigenvalue weighted by Gasteiger charge is -2.19.